The first kappa shape index (κ1) is 24.6. The molecule has 35 heavy (non-hydrogen) atoms. The number of amides is 1. The van der Waals surface area contributed by atoms with E-state index in [1.807, 2.05) is 30.3 Å². The molecule has 1 aliphatic rings. The monoisotopic (exact) mass is 502 g/mol. The van der Waals surface area contributed by atoms with Crippen molar-refractivity contribution in [3.63, 3.8) is 0 Å². The lowest BCUT2D eigenvalue weighted by molar-refractivity contribution is -0.137. The molecule has 3 aromatic rings. The number of fused-ring (bicyclic) bond motifs is 1. The van der Waals surface area contributed by atoms with Crippen LogP contribution in [-0.2, 0) is 31.7 Å². The zero-order chi connectivity index (χ0) is 25.2. The minimum atomic E-state index is -4.51. The van der Waals surface area contributed by atoms with Gasteiger partial charge in [-0.25, -0.2) is 4.99 Å². The molecular formula is C25H21F3N2O4S. The van der Waals surface area contributed by atoms with Crippen molar-refractivity contribution in [3.05, 3.63) is 83.4 Å². The Balaban J connectivity index is 1.62. The summed E-state index contributed by atoms with van der Waals surface area (Å²) in [7, 11) is -3.49. The molecule has 0 unspecified atom stereocenters. The number of carbonyl (C=O) groups excluding carboxylic acids is 1. The molecule has 6 nitrogen and oxygen atoms in total. The van der Waals surface area contributed by atoms with Gasteiger partial charge in [0.2, 0.25) is 0 Å². The zero-order valence-electron chi connectivity index (χ0n) is 18.6. The molecule has 0 spiro atoms. The average molecular weight is 503 g/mol. The summed E-state index contributed by atoms with van der Waals surface area (Å²) in [5.41, 5.74) is 2.77. The van der Waals surface area contributed by atoms with Crippen LogP contribution in [-0.4, -0.2) is 32.9 Å². The van der Waals surface area contributed by atoms with Gasteiger partial charge in [-0.2, -0.15) is 21.6 Å². The maximum absolute atomic E-state index is 13.1. The van der Waals surface area contributed by atoms with E-state index in [0.29, 0.717) is 24.1 Å². The number of para-hydroxylation sites is 1. The SMILES string of the molecule is CS(=O)(=O)OCCCc1cccc(-c2cccc3c2NC(=O)C3=Nc2cccc(C(F)(F)F)c2)c1. The van der Waals surface area contributed by atoms with E-state index in [0.717, 1.165) is 35.1 Å². The van der Waals surface area contributed by atoms with E-state index in [-0.39, 0.29) is 18.0 Å². The molecule has 0 atom stereocenters. The Hall–Kier alpha value is -3.50. The zero-order valence-corrected chi connectivity index (χ0v) is 19.4. The van der Waals surface area contributed by atoms with E-state index in [4.69, 9.17) is 4.18 Å². The molecule has 1 aliphatic heterocycles. The maximum Gasteiger partial charge on any atom is 0.416 e. The number of halogens is 3. The average Bonchev–Trinajstić information content (AvgIpc) is 3.11. The van der Waals surface area contributed by atoms with Crippen LogP contribution >= 0.6 is 0 Å². The van der Waals surface area contributed by atoms with Gasteiger partial charge in [-0.05, 0) is 42.2 Å². The molecule has 1 heterocycles. The summed E-state index contributed by atoms with van der Waals surface area (Å²) in [6, 6.07) is 17.4. The highest BCUT2D eigenvalue weighted by Crippen LogP contribution is 2.37. The molecular weight excluding hydrogens is 481 g/mol. The van der Waals surface area contributed by atoms with Crippen molar-refractivity contribution >= 4 is 33.1 Å². The first-order valence-corrected chi connectivity index (χ1v) is 12.5. The molecule has 0 radical (unpaired) electrons. The van der Waals surface area contributed by atoms with E-state index >= 15 is 0 Å². The smallest absolute Gasteiger partial charge is 0.319 e. The molecule has 1 N–H and O–H groups in total. The maximum atomic E-state index is 13.1. The normalized spacial score (nSPS) is 14.7. The van der Waals surface area contributed by atoms with Crippen molar-refractivity contribution in [2.24, 2.45) is 4.99 Å². The van der Waals surface area contributed by atoms with Gasteiger partial charge in [0.25, 0.3) is 16.0 Å². The Kier molecular flexibility index (Phi) is 6.77. The molecule has 1 amide bonds. The lowest BCUT2D eigenvalue weighted by Gasteiger charge is -2.10. The number of nitrogens with one attached hydrogen (secondary N) is 1. The van der Waals surface area contributed by atoms with Crippen molar-refractivity contribution in [2.75, 3.05) is 18.2 Å². The van der Waals surface area contributed by atoms with Crippen molar-refractivity contribution in [3.8, 4) is 11.1 Å². The summed E-state index contributed by atoms with van der Waals surface area (Å²) in [6.45, 7) is 0.0786. The first-order chi connectivity index (χ1) is 16.5. The number of carbonyl (C=O) groups is 1. The fourth-order valence-electron chi connectivity index (χ4n) is 3.79. The molecule has 0 saturated heterocycles. The Morgan fingerprint density at radius 1 is 0.971 bits per heavy atom. The summed E-state index contributed by atoms with van der Waals surface area (Å²) in [5.74, 6) is -0.501. The van der Waals surface area contributed by atoms with Crippen molar-refractivity contribution < 1.29 is 30.6 Å². The molecule has 10 heteroatoms. The second kappa shape index (κ2) is 9.63. The van der Waals surface area contributed by atoms with Gasteiger partial charge in [0, 0.05) is 11.1 Å². The van der Waals surface area contributed by atoms with Crippen LogP contribution in [0.5, 0.6) is 0 Å². The Morgan fingerprint density at radius 2 is 1.69 bits per heavy atom. The van der Waals surface area contributed by atoms with Gasteiger partial charge in [0.15, 0.2) is 0 Å². The van der Waals surface area contributed by atoms with Crippen LogP contribution in [0.2, 0.25) is 0 Å². The quantitative estimate of drug-likeness (QED) is 0.349. The third-order valence-corrected chi connectivity index (χ3v) is 5.93. The fourth-order valence-corrected chi connectivity index (χ4v) is 4.21. The standard InChI is InChI=1S/C25H21F3N2O4S/c1-35(32,33)34-13-5-7-16-6-2-8-17(14-16)20-11-4-12-21-22(20)30-24(31)23(21)29-19-10-3-9-18(15-19)25(26,27)28/h2-4,6,8-12,14-15H,5,7,13H2,1H3,(H,29,30,31). The molecule has 0 fully saturated rings. The number of rotatable bonds is 7. The van der Waals surface area contributed by atoms with Gasteiger partial charge >= 0.3 is 6.18 Å². The number of aryl methyl sites for hydroxylation is 1. The number of hydrogen-bond donors (Lipinski definition) is 1. The summed E-state index contributed by atoms with van der Waals surface area (Å²) < 4.78 is 66.2. The Labute approximate surface area is 200 Å². The summed E-state index contributed by atoms with van der Waals surface area (Å²) >= 11 is 0. The van der Waals surface area contributed by atoms with Gasteiger partial charge in [-0.15, -0.1) is 0 Å². The van der Waals surface area contributed by atoms with E-state index in [1.165, 1.54) is 12.1 Å². The fraction of sp³-hybridized carbons (Fsp3) is 0.200. The van der Waals surface area contributed by atoms with Crippen LogP contribution in [0.15, 0.2) is 71.7 Å². The topological polar surface area (TPSA) is 84.8 Å². The second-order valence-corrected chi connectivity index (χ2v) is 9.66. The first-order valence-electron chi connectivity index (χ1n) is 10.7. The largest absolute Gasteiger partial charge is 0.416 e. The number of anilines is 1. The molecule has 3 aromatic carbocycles. The van der Waals surface area contributed by atoms with Gasteiger partial charge in [-0.1, -0.05) is 48.5 Å². The number of benzene rings is 3. The van der Waals surface area contributed by atoms with Crippen LogP contribution in [0, 0.1) is 0 Å². The molecule has 0 aromatic heterocycles. The number of nitrogens with zero attached hydrogens (tertiary/aromatic N) is 1. The van der Waals surface area contributed by atoms with E-state index in [9.17, 15) is 26.4 Å². The van der Waals surface area contributed by atoms with Gasteiger partial charge in [-0.3, -0.25) is 8.98 Å². The molecule has 0 aliphatic carbocycles. The predicted molar refractivity (Wildman–Crippen MR) is 127 cm³/mol. The number of aliphatic imine (C=N–C) groups is 1. The van der Waals surface area contributed by atoms with Crippen molar-refractivity contribution in [1.82, 2.24) is 0 Å². The highest BCUT2D eigenvalue weighted by Gasteiger charge is 2.31. The van der Waals surface area contributed by atoms with Crippen molar-refractivity contribution in [1.29, 1.82) is 0 Å². The van der Waals surface area contributed by atoms with Crippen LogP contribution in [0.3, 0.4) is 0 Å². The predicted octanol–water partition coefficient (Wildman–Crippen LogP) is 5.35. The lowest BCUT2D eigenvalue weighted by Crippen LogP contribution is -2.14. The Morgan fingerprint density at radius 3 is 2.43 bits per heavy atom. The molecule has 182 valence electrons. The van der Waals surface area contributed by atoms with Crippen LogP contribution in [0.25, 0.3) is 11.1 Å². The third-order valence-electron chi connectivity index (χ3n) is 5.33. The Bertz CT molecular complexity index is 1420. The molecule has 4 rings (SSSR count). The number of hydrogen-bond acceptors (Lipinski definition) is 5. The minimum absolute atomic E-state index is 0.0292. The van der Waals surface area contributed by atoms with E-state index < -0.39 is 27.8 Å². The van der Waals surface area contributed by atoms with Crippen molar-refractivity contribution in [2.45, 2.75) is 19.0 Å². The highest BCUT2D eigenvalue weighted by molar-refractivity contribution is 7.85. The van der Waals surface area contributed by atoms with Gasteiger partial charge in [0.05, 0.1) is 29.8 Å². The summed E-state index contributed by atoms with van der Waals surface area (Å²) in [5, 5.41) is 2.79. The van der Waals surface area contributed by atoms with Crippen LogP contribution in [0.1, 0.15) is 23.1 Å². The van der Waals surface area contributed by atoms with E-state index in [1.54, 1.807) is 12.1 Å². The van der Waals surface area contributed by atoms with Gasteiger partial charge < -0.3 is 5.32 Å². The summed E-state index contributed by atoms with van der Waals surface area (Å²) in [6.07, 6.45) is -2.41. The minimum Gasteiger partial charge on any atom is -0.319 e. The number of alkyl halides is 3. The molecule has 0 bridgehead atoms. The third kappa shape index (κ3) is 5.95. The summed E-state index contributed by atoms with van der Waals surface area (Å²) in [4.78, 5) is 16.9. The molecule has 0 saturated carbocycles. The highest BCUT2D eigenvalue weighted by atomic mass is 32.2. The lowest BCUT2D eigenvalue weighted by atomic mass is 9.97. The van der Waals surface area contributed by atoms with Gasteiger partial charge in [0.1, 0.15) is 5.71 Å². The second-order valence-electron chi connectivity index (χ2n) is 8.02. The van der Waals surface area contributed by atoms with E-state index in [2.05, 4.69) is 10.3 Å². The van der Waals surface area contributed by atoms with Crippen LogP contribution in [0.4, 0.5) is 24.5 Å². The van der Waals surface area contributed by atoms with Crippen LogP contribution < -0.4 is 5.32 Å².